The molecular weight excluding hydrogens is 311 g/mol. The molecule has 1 N–H and O–H groups in total. The maximum atomic E-state index is 13.1. The summed E-state index contributed by atoms with van der Waals surface area (Å²) in [5, 5.41) is 3.21. The van der Waals surface area contributed by atoms with E-state index in [1.807, 2.05) is 6.92 Å². The molecule has 100 valence electrons. The Morgan fingerprint density at radius 3 is 2.79 bits per heavy atom. The Bertz CT molecular complexity index is 640. The minimum absolute atomic E-state index is 0.0161. The molecule has 1 heterocycles. The summed E-state index contributed by atoms with van der Waals surface area (Å²) >= 11 is 3.16. The molecule has 0 spiro atoms. The van der Waals surface area contributed by atoms with Crippen molar-refractivity contribution in [2.45, 2.75) is 20.0 Å². The number of rotatable bonds is 4. The number of aryl methyl sites for hydroxylation is 1. The molecule has 0 fully saturated rings. The van der Waals surface area contributed by atoms with E-state index in [0.717, 1.165) is 11.3 Å². The van der Waals surface area contributed by atoms with Crippen LogP contribution in [0.4, 0.5) is 10.1 Å². The Balaban J connectivity index is 2.10. The number of anilines is 1. The van der Waals surface area contributed by atoms with Gasteiger partial charge in [0.2, 0.25) is 0 Å². The van der Waals surface area contributed by atoms with Crippen molar-refractivity contribution in [3.05, 3.63) is 62.7 Å². The van der Waals surface area contributed by atoms with Crippen LogP contribution in [0.1, 0.15) is 12.5 Å². The highest BCUT2D eigenvalue weighted by Crippen LogP contribution is 2.17. The van der Waals surface area contributed by atoms with Gasteiger partial charge in [0, 0.05) is 25.4 Å². The fourth-order valence-corrected chi connectivity index (χ4v) is 2.16. The first kappa shape index (κ1) is 13.8. The molecule has 0 aliphatic heterocycles. The van der Waals surface area contributed by atoms with Gasteiger partial charge in [-0.15, -0.1) is 0 Å². The van der Waals surface area contributed by atoms with Crippen LogP contribution in [0.5, 0.6) is 0 Å². The zero-order valence-corrected chi connectivity index (χ0v) is 12.1. The second-order valence-corrected chi connectivity index (χ2v) is 5.00. The van der Waals surface area contributed by atoms with Crippen molar-refractivity contribution in [1.82, 2.24) is 4.57 Å². The van der Waals surface area contributed by atoms with Crippen LogP contribution in [0.25, 0.3) is 0 Å². The van der Waals surface area contributed by atoms with Crippen LogP contribution in [-0.4, -0.2) is 4.57 Å². The zero-order chi connectivity index (χ0) is 13.8. The van der Waals surface area contributed by atoms with Gasteiger partial charge in [0.05, 0.1) is 10.2 Å². The number of nitrogens with one attached hydrogen (secondary N) is 1. The maximum Gasteiger partial charge on any atom is 0.250 e. The lowest BCUT2D eigenvalue weighted by atomic mass is 10.2. The Kier molecular flexibility index (Phi) is 4.37. The van der Waals surface area contributed by atoms with Crippen molar-refractivity contribution >= 4 is 21.6 Å². The van der Waals surface area contributed by atoms with Crippen molar-refractivity contribution in [2.24, 2.45) is 0 Å². The summed E-state index contributed by atoms with van der Waals surface area (Å²) in [5.41, 5.74) is 1.81. The smallest absolute Gasteiger partial charge is 0.250 e. The van der Waals surface area contributed by atoms with E-state index in [-0.39, 0.29) is 11.4 Å². The Morgan fingerprint density at radius 2 is 2.11 bits per heavy atom. The molecular formula is C14H14BrFN2O. The largest absolute Gasteiger partial charge is 0.380 e. The number of hydrogen-bond acceptors (Lipinski definition) is 2. The summed E-state index contributed by atoms with van der Waals surface area (Å²) in [6.07, 6.45) is 1.78. The van der Waals surface area contributed by atoms with Crippen LogP contribution in [0, 0.1) is 5.82 Å². The molecule has 0 radical (unpaired) electrons. The lowest BCUT2D eigenvalue weighted by Gasteiger charge is -2.09. The standard InChI is InChI=1S/C14H14BrFN2O/c1-2-18-9-11(4-6-14(18)19)17-8-10-3-5-13(16)12(15)7-10/h3-7,9,17H,2,8H2,1H3. The summed E-state index contributed by atoms with van der Waals surface area (Å²) in [6, 6.07) is 8.16. The molecule has 1 aromatic carbocycles. The molecule has 0 saturated heterocycles. The highest BCUT2D eigenvalue weighted by molar-refractivity contribution is 9.10. The molecule has 0 saturated carbocycles. The number of pyridine rings is 1. The monoisotopic (exact) mass is 324 g/mol. The van der Waals surface area contributed by atoms with Crippen molar-refractivity contribution in [2.75, 3.05) is 5.32 Å². The third-order valence-electron chi connectivity index (χ3n) is 2.80. The third-order valence-corrected chi connectivity index (χ3v) is 3.41. The summed E-state index contributed by atoms with van der Waals surface area (Å²) in [5.74, 6) is -0.275. The van der Waals surface area contributed by atoms with Crippen LogP contribution in [0.3, 0.4) is 0 Å². The zero-order valence-electron chi connectivity index (χ0n) is 10.5. The normalized spacial score (nSPS) is 10.5. The predicted octanol–water partition coefficient (Wildman–Crippen LogP) is 3.38. The fraction of sp³-hybridized carbons (Fsp3) is 0.214. The molecule has 2 rings (SSSR count). The summed E-state index contributed by atoms with van der Waals surface area (Å²) < 4.78 is 15.2. The molecule has 2 aromatic rings. The number of aromatic nitrogens is 1. The van der Waals surface area contributed by atoms with E-state index in [4.69, 9.17) is 0 Å². The van der Waals surface area contributed by atoms with Crippen molar-refractivity contribution in [3.8, 4) is 0 Å². The van der Waals surface area contributed by atoms with Crippen LogP contribution < -0.4 is 10.9 Å². The third kappa shape index (κ3) is 3.44. The summed E-state index contributed by atoms with van der Waals surface area (Å²) in [6.45, 7) is 3.12. The first-order valence-corrected chi connectivity index (χ1v) is 6.77. The molecule has 5 heteroatoms. The Labute approximate surface area is 119 Å². The fourth-order valence-electron chi connectivity index (χ4n) is 1.74. The first-order valence-electron chi connectivity index (χ1n) is 5.98. The van der Waals surface area contributed by atoms with E-state index in [0.29, 0.717) is 17.6 Å². The number of benzene rings is 1. The SMILES string of the molecule is CCn1cc(NCc2ccc(F)c(Br)c2)ccc1=O. The summed E-state index contributed by atoms with van der Waals surface area (Å²) in [4.78, 5) is 11.4. The summed E-state index contributed by atoms with van der Waals surface area (Å²) in [7, 11) is 0. The lowest BCUT2D eigenvalue weighted by Crippen LogP contribution is -2.17. The van der Waals surface area contributed by atoms with Gasteiger partial charge in [-0.1, -0.05) is 6.07 Å². The van der Waals surface area contributed by atoms with Crippen molar-refractivity contribution in [1.29, 1.82) is 0 Å². The Morgan fingerprint density at radius 1 is 1.32 bits per heavy atom. The molecule has 0 atom stereocenters. The predicted molar refractivity (Wildman–Crippen MR) is 77.8 cm³/mol. The molecule has 0 bridgehead atoms. The molecule has 1 aromatic heterocycles. The second-order valence-electron chi connectivity index (χ2n) is 4.14. The van der Waals surface area contributed by atoms with E-state index in [9.17, 15) is 9.18 Å². The van der Waals surface area contributed by atoms with Crippen LogP contribution in [0.15, 0.2) is 45.8 Å². The quantitative estimate of drug-likeness (QED) is 0.935. The maximum absolute atomic E-state index is 13.1. The number of halogens is 2. The van der Waals surface area contributed by atoms with E-state index in [1.54, 1.807) is 29.0 Å². The van der Waals surface area contributed by atoms with Gasteiger partial charge < -0.3 is 9.88 Å². The second kappa shape index (κ2) is 6.02. The van der Waals surface area contributed by atoms with Crippen LogP contribution >= 0.6 is 15.9 Å². The van der Waals surface area contributed by atoms with E-state index >= 15 is 0 Å². The minimum atomic E-state index is -0.275. The van der Waals surface area contributed by atoms with Gasteiger partial charge in [-0.2, -0.15) is 0 Å². The average Bonchev–Trinajstić information content (AvgIpc) is 2.41. The molecule has 3 nitrogen and oxygen atoms in total. The molecule has 0 amide bonds. The van der Waals surface area contributed by atoms with Crippen LogP contribution in [-0.2, 0) is 13.1 Å². The van der Waals surface area contributed by atoms with Gasteiger partial charge in [0.1, 0.15) is 5.82 Å². The highest BCUT2D eigenvalue weighted by Gasteiger charge is 2.01. The van der Waals surface area contributed by atoms with Gasteiger partial charge in [-0.05, 0) is 46.6 Å². The Hall–Kier alpha value is -1.62. The van der Waals surface area contributed by atoms with Gasteiger partial charge in [-0.25, -0.2) is 4.39 Å². The van der Waals surface area contributed by atoms with Crippen molar-refractivity contribution < 1.29 is 4.39 Å². The van der Waals surface area contributed by atoms with Gasteiger partial charge in [0.25, 0.3) is 5.56 Å². The number of nitrogens with zero attached hydrogens (tertiary/aromatic N) is 1. The number of hydrogen-bond donors (Lipinski definition) is 1. The molecule has 0 aliphatic carbocycles. The van der Waals surface area contributed by atoms with Gasteiger partial charge in [0.15, 0.2) is 0 Å². The molecule has 0 aliphatic rings. The average molecular weight is 325 g/mol. The van der Waals surface area contributed by atoms with Gasteiger partial charge in [-0.3, -0.25) is 4.79 Å². The van der Waals surface area contributed by atoms with E-state index < -0.39 is 0 Å². The molecule has 0 unspecified atom stereocenters. The van der Waals surface area contributed by atoms with Gasteiger partial charge >= 0.3 is 0 Å². The van der Waals surface area contributed by atoms with Crippen LogP contribution in [0.2, 0.25) is 0 Å². The molecule has 19 heavy (non-hydrogen) atoms. The topological polar surface area (TPSA) is 34.0 Å². The lowest BCUT2D eigenvalue weighted by molar-refractivity contribution is 0.620. The van der Waals surface area contributed by atoms with E-state index in [2.05, 4.69) is 21.2 Å². The first-order chi connectivity index (χ1) is 9.10. The minimum Gasteiger partial charge on any atom is -0.380 e. The van der Waals surface area contributed by atoms with E-state index in [1.165, 1.54) is 12.1 Å². The highest BCUT2D eigenvalue weighted by atomic mass is 79.9. The van der Waals surface area contributed by atoms with Crippen molar-refractivity contribution in [3.63, 3.8) is 0 Å².